The molecule has 24 nitrogen and oxygen atoms in total. The molecule has 4 fully saturated rings. The van der Waals surface area contributed by atoms with Gasteiger partial charge in [-0.2, -0.15) is 0 Å². The van der Waals surface area contributed by atoms with E-state index in [9.17, 15) is 54.9 Å². The summed E-state index contributed by atoms with van der Waals surface area (Å²) >= 11 is 0. The molecule has 0 aromatic carbocycles. The van der Waals surface area contributed by atoms with Crippen molar-refractivity contribution in [2.75, 3.05) is 26.4 Å². The Labute approximate surface area is 333 Å². The molecule has 0 spiro atoms. The smallest absolute Gasteiger partial charge is 0.335 e. The fourth-order valence-corrected chi connectivity index (χ4v) is 7.08. The molecule has 334 valence electrons. The summed E-state index contributed by atoms with van der Waals surface area (Å²) in [5, 5.41) is 83.7. The molecule has 0 aromatic rings. The van der Waals surface area contributed by atoms with Crippen LogP contribution in [0.15, 0.2) is 0 Å². The van der Waals surface area contributed by atoms with Crippen molar-refractivity contribution in [2.45, 2.75) is 164 Å². The number of carbonyl (C=O) groups excluding carboxylic acids is 3. The lowest BCUT2D eigenvalue weighted by atomic mass is 9.94. The first-order valence-corrected chi connectivity index (χ1v) is 18.9. The molecule has 0 aliphatic carbocycles. The van der Waals surface area contributed by atoms with Crippen molar-refractivity contribution in [3.8, 4) is 0 Å². The predicted molar refractivity (Wildman–Crippen MR) is 189 cm³/mol. The van der Waals surface area contributed by atoms with E-state index < -0.39 is 146 Å². The highest BCUT2D eigenvalue weighted by Gasteiger charge is 2.56. The molecule has 0 aromatic heterocycles. The molecule has 4 saturated heterocycles. The maximum atomic E-state index is 12.7. The van der Waals surface area contributed by atoms with Crippen molar-refractivity contribution < 1.29 is 97.6 Å². The summed E-state index contributed by atoms with van der Waals surface area (Å²) in [5.74, 6) is -3.67. The topological polar surface area (TPSA) is 355 Å². The number of amides is 3. The van der Waals surface area contributed by atoms with Crippen LogP contribution in [-0.2, 0) is 61.8 Å². The second-order valence-corrected chi connectivity index (χ2v) is 14.6. The molecule has 20 atom stereocenters. The summed E-state index contributed by atoms with van der Waals surface area (Å²) in [6, 6.07) is -4.19. The highest BCUT2D eigenvalue weighted by molar-refractivity contribution is 5.74. The summed E-state index contributed by atoms with van der Waals surface area (Å²) < 4.78 is 52.8. The van der Waals surface area contributed by atoms with E-state index in [0.717, 1.165) is 13.8 Å². The number of aliphatic hydroxyl groups is 6. The van der Waals surface area contributed by atoms with Crippen molar-refractivity contribution in [3.63, 3.8) is 0 Å². The van der Waals surface area contributed by atoms with E-state index in [1.807, 2.05) is 0 Å². The Hall–Kier alpha value is -2.76. The van der Waals surface area contributed by atoms with Gasteiger partial charge in [-0.3, -0.25) is 14.4 Å². The van der Waals surface area contributed by atoms with Crippen LogP contribution in [0.3, 0.4) is 0 Å². The average molecular weight is 843 g/mol. The molecule has 4 aliphatic heterocycles. The van der Waals surface area contributed by atoms with Crippen LogP contribution in [0.5, 0.6) is 0 Å². The zero-order valence-corrected chi connectivity index (χ0v) is 32.9. The van der Waals surface area contributed by atoms with Gasteiger partial charge in [0.15, 0.2) is 31.3 Å². The largest absolute Gasteiger partial charge is 0.479 e. The fraction of sp³-hybridized carbons (Fsp3) is 0.882. The van der Waals surface area contributed by atoms with E-state index in [0.29, 0.717) is 0 Å². The van der Waals surface area contributed by atoms with E-state index in [1.165, 1.54) is 27.7 Å². The average Bonchev–Trinajstić information content (AvgIpc) is 3.14. The first-order valence-electron chi connectivity index (χ1n) is 18.9. The standard InChI is InChI=1S/C34H58N4O20/c1-11-20(42)23(45)17(36-14(4)39)32(53-11)58-29-25(47)24(46)28(30(48)49)57-34(29)56-27-19(38-16(6)41)33(54-13(3)22(27)44)55-26-18(37-15(5)40)31(52-12(2)21(26)43)51-10-9-50-8-7-35/h11-13,17-29,31-34,42-47H,7-10,35H2,1-6H3,(H,36,39)(H,37,40)(H,38,41)(H,48,49)/t11?,12?,13?,17-,18-,19-,20+,21-,22+,23?,24-,25?,26?,27?,28?,29-,31+,32-,33-,34+/m0/s1. The first kappa shape index (κ1) is 47.9. The van der Waals surface area contributed by atoms with Crippen LogP contribution in [0.1, 0.15) is 41.5 Å². The lowest BCUT2D eigenvalue weighted by Gasteiger charge is -2.50. The number of nitrogens with two attached hydrogens (primary N) is 1. The minimum atomic E-state index is -2.15. The zero-order chi connectivity index (χ0) is 43.2. The number of carbonyl (C=O) groups is 4. The number of carboxylic acids is 1. The summed E-state index contributed by atoms with van der Waals surface area (Å²) in [4.78, 5) is 49.3. The maximum absolute atomic E-state index is 12.7. The highest BCUT2D eigenvalue weighted by Crippen LogP contribution is 2.35. The molecule has 58 heavy (non-hydrogen) atoms. The lowest BCUT2D eigenvalue weighted by Crippen LogP contribution is -2.71. The van der Waals surface area contributed by atoms with E-state index in [-0.39, 0.29) is 26.4 Å². The van der Waals surface area contributed by atoms with Gasteiger partial charge in [-0.15, -0.1) is 0 Å². The third-order valence-electron chi connectivity index (χ3n) is 10.0. The molecule has 0 saturated carbocycles. The molecule has 12 N–H and O–H groups in total. The van der Waals surface area contributed by atoms with Gasteiger partial charge in [0.2, 0.25) is 17.7 Å². The molecule has 0 radical (unpaired) electrons. The van der Waals surface area contributed by atoms with Crippen LogP contribution >= 0.6 is 0 Å². The number of nitrogens with one attached hydrogen (secondary N) is 3. The summed E-state index contributed by atoms with van der Waals surface area (Å²) in [6.07, 6.45) is -27.4. The Morgan fingerprint density at radius 1 is 0.534 bits per heavy atom. The molecule has 3 amide bonds. The first-order chi connectivity index (χ1) is 27.3. The van der Waals surface area contributed by atoms with E-state index in [2.05, 4.69) is 16.0 Å². The van der Waals surface area contributed by atoms with Crippen molar-refractivity contribution in [1.82, 2.24) is 16.0 Å². The van der Waals surface area contributed by atoms with Gasteiger partial charge in [0.05, 0.1) is 38.1 Å². The van der Waals surface area contributed by atoms with Gasteiger partial charge < -0.3 is 100 Å². The monoisotopic (exact) mass is 842 g/mol. The second-order valence-electron chi connectivity index (χ2n) is 14.6. The number of ether oxygens (including phenoxy) is 9. The minimum absolute atomic E-state index is 0.0116. The highest BCUT2D eigenvalue weighted by atomic mass is 16.8. The van der Waals surface area contributed by atoms with E-state index >= 15 is 0 Å². The summed E-state index contributed by atoms with van der Waals surface area (Å²) in [5.41, 5.74) is 5.46. The van der Waals surface area contributed by atoms with Crippen LogP contribution in [-0.4, -0.2) is 208 Å². The summed E-state index contributed by atoms with van der Waals surface area (Å²) in [7, 11) is 0. The van der Waals surface area contributed by atoms with Crippen LogP contribution in [0.2, 0.25) is 0 Å². The molecule has 4 rings (SSSR count). The van der Waals surface area contributed by atoms with Crippen LogP contribution in [0.4, 0.5) is 0 Å². The Kier molecular flexibility index (Phi) is 17.5. The van der Waals surface area contributed by atoms with Gasteiger partial charge in [0, 0.05) is 27.3 Å². The lowest BCUT2D eigenvalue weighted by molar-refractivity contribution is -0.372. The van der Waals surface area contributed by atoms with Crippen molar-refractivity contribution in [3.05, 3.63) is 0 Å². The van der Waals surface area contributed by atoms with Gasteiger partial charge >= 0.3 is 5.97 Å². The van der Waals surface area contributed by atoms with E-state index in [1.54, 1.807) is 0 Å². The minimum Gasteiger partial charge on any atom is -0.479 e. The molecule has 24 heteroatoms. The van der Waals surface area contributed by atoms with Crippen molar-refractivity contribution >= 4 is 23.7 Å². The molecule has 8 unspecified atom stereocenters. The second kappa shape index (κ2) is 21.2. The third kappa shape index (κ3) is 11.5. The van der Waals surface area contributed by atoms with Gasteiger partial charge in [0.25, 0.3) is 0 Å². The Balaban J connectivity index is 1.69. The van der Waals surface area contributed by atoms with Crippen LogP contribution < -0.4 is 21.7 Å². The Morgan fingerprint density at radius 3 is 1.50 bits per heavy atom. The van der Waals surface area contributed by atoms with Crippen molar-refractivity contribution in [1.29, 1.82) is 0 Å². The van der Waals surface area contributed by atoms with Gasteiger partial charge in [-0.05, 0) is 20.8 Å². The fourth-order valence-electron chi connectivity index (χ4n) is 7.08. The van der Waals surface area contributed by atoms with Crippen molar-refractivity contribution in [2.24, 2.45) is 5.73 Å². The van der Waals surface area contributed by atoms with E-state index in [4.69, 9.17) is 48.4 Å². The van der Waals surface area contributed by atoms with Gasteiger partial charge in [-0.25, -0.2) is 4.79 Å². The number of carboxylic acid groups (broad SMARTS) is 1. The predicted octanol–water partition coefficient (Wildman–Crippen LogP) is -6.14. The Bertz CT molecular complexity index is 1390. The maximum Gasteiger partial charge on any atom is 0.335 e. The quantitative estimate of drug-likeness (QED) is 0.0644. The zero-order valence-electron chi connectivity index (χ0n) is 32.9. The molecular weight excluding hydrogens is 784 g/mol. The summed E-state index contributed by atoms with van der Waals surface area (Å²) in [6.45, 7) is 8.37. The third-order valence-corrected chi connectivity index (χ3v) is 10.0. The molecule has 0 bridgehead atoms. The van der Waals surface area contributed by atoms with Gasteiger partial charge in [-0.1, -0.05) is 0 Å². The van der Waals surface area contributed by atoms with Crippen LogP contribution in [0.25, 0.3) is 0 Å². The SMILES string of the molecule is CC(=O)N[C@H]1C(O)[C@H](O)C(C)O[C@H]1O[C@H]1C(O)[C@H](O)C(C(=O)O)O[C@H]1OC1[C@H](O)C(C)O[C@@H](OC2[C@@H](O)C(C)O[C@@H](OCCOCCN)[C@H]2NC(C)=O)[C@H]1NC(C)=O. The number of hydrogen-bond donors (Lipinski definition) is 11. The number of aliphatic hydroxyl groups excluding tert-OH is 6. The normalized spacial score (nSPS) is 43.3. The van der Waals surface area contributed by atoms with Crippen LogP contribution in [0, 0.1) is 0 Å². The molecule has 4 heterocycles. The Morgan fingerprint density at radius 2 is 0.983 bits per heavy atom. The molecule has 4 aliphatic rings. The molecular formula is C34H58N4O20. The number of hydrogen-bond acceptors (Lipinski definition) is 20. The number of rotatable bonds is 16. The van der Waals surface area contributed by atoms with Gasteiger partial charge in [0.1, 0.15) is 73.1 Å². The number of aliphatic carboxylic acids is 1.